The van der Waals surface area contributed by atoms with Crippen molar-refractivity contribution in [2.24, 2.45) is 5.92 Å². The van der Waals surface area contributed by atoms with Crippen LogP contribution in [0.1, 0.15) is 36.2 Å². The summed E-state index contributed by atoms with van der Waals surface area (Å²) in [6.45, 7) is 4.19. The van der Waals surface area contributed by atoms with Gasteiger partial charge in [0.05, 0.1) is 17.2 Å². The summed E-state index contributed by atoms with van der Waals surface area (Å²) in [5.41, 5.74) is 0.995. The van der Waals surface area contributed by atoms with E-state index in [1.54, 1.807) is 18.4 Å². The van der Waals surface area contributed by atoms with Gasteiger partial charge in [0.25, 0.3) is 0 Å². The first-order valence-electron chi connectivity index (χ1n) is 9.72. The molecule has 1 saturated heterocycles. The highest BCUT2D eigenvalue weighted by molar-refractivity contribution is 7.17. The Balaban J connectivity index is 1.62. The Labute approximate surface area is 177 Å². The highest BCUT2D eigenvalue weighted by Crippen LogP contribution is 2.43. The summed E-state index contributed by atoms with van der Waals surface area (Å²) < 4.78 is 6.88. The predicted octanol–water partition coefficient (Wildman–Crippen LogP) is 5.23. The number of likely N-dealkylation sites (tertiary alicyclic amines) is 1. The second kappa shape index (κ2) is 7.48. The van der Waals surface area contributed by atoms with Gasteiger partial charge in [-0.3, -0.25) is 4.90 Å². The zero-order valence-electron chi connectivity index (χ0n) is 16.0. The molecule has 4 aromatic rings. The van der Waals surface area contributed by atoms with Crippen LogP contribution in [0.3, 0.4) is 0 Å². The van der Waals surface area contributed by atoms with Gasteiger partial charge in [0.1, 0.15) is 0 Å². The van der Waals surface area contributed by atoms with Crippen molar-refractivity contribution in [1.82, 2.24) is 19.5 Å². The quantitative estimate of drug-likeness (QED) is 0.482. The fraction of sp³-hybridized carbons (Fsp3) is 0.333. The van der Waals surface area contributed by atoms with E-state index in [1.807, 2.05) is 24.3 Å². The first kappa shape index (κ1) is 18.7. The van der Waals surface area contributed by atoms with Gasteiger partial charge in [0, 0.05) is 11.6 Å². The normalized spacial score (nSPS) is 19.0. The second-order valence-electron chi connectivity index (χ2n) is 7.56. The predicted molar refractivity (Wildman–Crippen MR) is 113 cm³/mol. The van der Waals surface area contributed by atoms with Gasteiger partial charge in [-0.05, 0) is 49.1 Å². The molecule has 1 N–H and O–H groups in total. The van der Waals surface area contributed by atoms with E-state index < -0.39 is 0 Å². The minimum Gasteiger partial charge on any atom is -0.492 e. The molecule has 6 nitrogen and oxygen atoms in total. The average molecular weight is 429 g/mol. The molecule has 1 fully saturated rings. The van der Waals surface area contributed by atoms with Gasteiger partial charge in [0.15, 0.2) is 5.76 Å². The fourth-order valence-electron chi connectivity index (χ4n) is 4.10. The minimum absolute atomic E-state index is 0.110. The summed E-state index contributed by atoms with van der Waals surface area (Å²) in [5, 5.41) is 16.2. The van der Waals surface area contributed by atoms with Gasteiger partial charge in [-0.15, -0.1) is 5.10 Å². The Kier molecular flexibility index (Phi) is 4.81. The SMILES string of the molecule is C[C@@H]1CCCN([C@@H](c2ccccc2Cl)c2sc3nc(-c4ccco4)nn3c2O)C1. The van der Waals surface area contributed by atoms with E-state index >= 15 is 0 Å². The van der Waals surface area contributed by atoms with Gasteiger partial charge >= 0.3 is 0 Å². The third-order valence-corrected chi connectivity index (χ3v) is 6.86. The number of thiazole rings is 1. The fourth-order valence-corrected chi connectivity index (χ4v) is 5.45. The Hall–Kier alpha value is -2.35. The van der Waals surface area contributed by atoms with Crippen molar-refractivity contribution >= 4 is 27.9 Å². The first-order valence-corrected chi connectivity index (χ1v) is 10.9. The molecule has 2 atom stereocenters. The molecule has 0 bridgehead atoms. The zero-order chi connectivity index (χ0) is 20.0. The summed E-state index contributed by atoms with van der Waals surface area (Å²) in [7, 11) is 0. The van der Waals surface area contributed by atoms with Crippen molar-refractivity contribution in [2.45, 2.75) is 25.8 Å². The number of hydrogen-bond acceptors (Lipinski definition) is 6. The standard InChI is InChI=1S/C21H21ClN4O2S/c1-13-6-4-10-25(12-13)17(14-7-2-3-8-15(14)22)18-20(27)26-21(29-18)23-19(24-26)16-9-5-11-28-16/h2-3,5,7-9,11,13,17,27H,4,6,10,12H2,1H3/t13-,17+/m1/s1. The van der Waals surface area contributed by atoms with Crippen LogP contribution >= 0.6 is 22.9 Å². The van der Waals surface area contributed by atoms with Crippen LogP contribution in [-0.2, 0) is 0 Å². The number of nitrogens with zero attached hydrogens (tertiary/aromatic N) is 4. The maximum Gasteiger partial charge on any atom is 0.230 e. The number of aromatic hydroxyl groups is 1. The van der Waals surface area contributed by atoms with Crippen LogP contribution in [0.4, 0.5) is 0 Å². The Bertz CT molecular complexity index is 1140. The molecule has 0 unspecified atom stereocenters. The molecule has 0 saturated carbocycles. The summed E-state index contributed by atoms with van der Waals surface area (Å²) in [6.07, 6.45) is 3.94. The largest absolute Gasteiger partial charge is 0.492 e. The molecule has 29 heavy (non-hydrogen) atoms. The molecule has 0 aliphatic carbocycles. The van der Waals surface area contributed by atoms with Gasteiger partial charge in [0.2, 0.25) is 16.7 Å². The lowest BCUT2D eigenvalue weighted by molar-refractivity contribution is 0.149. The minimum atomic E-state index is -0.132. The number of rotatable bonds is 4. The lowest BCUT2D eigenvalue weighted by Gasteiger charge is -2.37. The van der Waals surface area contributed by atoms with E-state index in [-0.39, 0.29) is 11.9 Å². The van der Waals surface area contributed by atoms with Crippen molar-refractivity contribution in [3.05, 3.63) is 58.1 Å². The number of halogens is 1. The second-order valence-corrected chi connectivity index (χ2v) is 8.98. The third-order valence-electron chi connectivity index (χ3n) is 5.44. The van der Waals surface area contributed by atoms with Crippen molar-refractivity contribution < 1.29 is 9.52 Å². The van der Waals surface area contributed by atoms with Crippen molar-refractivity contribution in [2.75, 3.05) is 13.1 Å². The first-order chi connectivity index (χ1) is 14.1. The topological polar surface area (TPSA) is 66.8 Å². The van der Waals surface area contributed by atoms with Crippen LogP contribution in [0.25, 0.3) is 16.5 Å². The molecule has 1 aliphatic heterocycles. The lowest BCUT2D eigenvalue weighted by atomic mass is 9.95. The molecule has 0 amide bonds. The number of hydrogen-bond donors (Lipinski definition) is 1. The Morgan fingerprint density at radius 3 is 2.86 bits per heavy atom. The molecular formula is C21H21ClN4O2S. The molecule has 0 radical (unpaired) electrons. The number of fused-ring (bicyclic) bond motifs is 1. The van der Waals surface area contributed by atoms with Gasteiger partial charge in [-0.1, -0.05) is 48.1 Å². The summed E-state index contributed by atoms with van der Waals surface area (Å²) in [4.78, 5) is 8.41. The average Bonchev–Trinajstić information content (AvgIpc) is 3.43. The molecule has 8 heteroatoms. The van der Waals surface area contributed by atoms with E-state index in [1.165, 1.54) is 22.3 Å². The maximum atomic E-state index is 11.1. The Morgan fingerprint density at radius 2 is 2.14 bits per heavy atom. The lowest BCUT2D eigenvalue weighted by Crippen LogP contribution is -2.37. The van der Waals surface area contributed by atoms with Crippen LogP contribution < -0.4 is 0 Å². The zero-order valence-corrected chi connectivity index (χ0v) is 17.5. The molecular weight excluding hydrogens is 408 g/mol. The van der Waals surface area contributed by atoms with E-state index in [0.29, 0.717) is 27.5 Å². The van der Waals surface area contributed by atoms with E-state index in [2.05, 4.69) is 21.9 Å². The summed E-state index contributed by atoms with van der Waals surface area (Å²) >= 11 is 8.03. The van der Waals surface area contributed by atoms with E-state index in [9.17, 15) is 5.11 Å². The smallest absolute Gasteiger partial charge is 0.230 e. The van der Waals surface area contributed by atoms with E-state index in [0.717, 1.165) is 30.0 Å². The number of piperidine rings is 1. The van der Waals surface area contributed by atoms with Crippen LogP contribution in [0, 0.1) is 5.92 Å². The van der Waals surface area contributed by atoms with Crippen LogP contribution in [-0.4, -0.2) is 37.7 Å². The summed E-state index contributed by atoms with van der Waals surface area (Å²) in [5.74, 6) is 1.75. The number of aromatic nitrogens is 3. The van der Waals surface area contributed by atoms with Crippen molar-refractivity contribution in [3.63, 3.8) is 0 Å². The maximum absolute atomic E-state index is 11.1. The monoisotopic (exact) mass is 428 g/mol. The van der Waals surface area contributed by atoms with Crippen LogP contribution in [0.2, 0.25) is 5.02 Å². The van der Waals surface area contributed by atoms with Crippen LogP contribution in [0.15, 0.2) is 47.1 Å². The molecule has 0 spiro atoms. The van der Waals surface area contributed by atoms with Crippen molar-refractivity contribution in [1.29, 1.82) is 0 Å². The molecule has 1 aromatic carbocycles. The third kappa shape index (κ3) is 3.33. The number of furan rings is 1. The number of benzene rings is 1. The highest BCUT2D eigenvalue weighted by Gasteiger charge is 2.33. The van der Waals surface area contributed by atoms with Gasteiger partial charge in [-0.2, -0.15) is 9.50 Å². The van der Waals surface area contributed by atoms with Crippen LogP contribution in [0.5, 0.6) is 5.88 Å². The Morgan fingerprint density at radius 1 is 1.28 bits per heavy atom. The highest BCUT2D eigenvalue weighted by atomic mass is 35.5. The van der Waals surface area contributed by atoms with Gasteiger partial charge < -0.3 is 9.52 Å². The molecule has 4 heterocycles. The van der Waals surface area contributed by atoms with Crippen molar-refractivity contribution in [3.8, 4) is 17.5 Å². The molecule has 3 aromatic heterocycles. The molecule has 1 aliphatic rings. The van der Waals surface area contributed by atoms with Gasteiger partial charge in [-0.25, -0.2) is 0 Å². The van der Waals surface area contributed by atoms with E-state index in [4.69, 9.17) is 16.0 Å². The molecule has 5 rings (SSSR count). The molecule has 150 valence electrons. The summed E-state index contributed by atoms with van der Waals surface area (Å²) in [6, 6.07) is 11.3.